The van der Waals surface area contributed by atoms with Crippen LogP contribution in [0.4, 0.5) is 10.1 Å². The van der Waals surface area contributed by atoms with Crippen molar-refractivity contribution in [2.45, 2.75) is 32.6 Å². The highest BCUT2D eigenvalue weighted by atomic mass is 35.5. The van der Waals surface area contributed by atoms with Crippen molar-refractivity contribution in [2.75, 3.05) is 18.0 Å². The molecular formula is C13H19ClFN. The zero-order chi connectivity index (χ0) is 12.0. The minimum absolute atomic E-state index is 0.167. The second kappa shape index (κ2) is 6.74. The van der Waals surface area contributed by atoms with Crippen molar-refractivity contribution < 1.29 is 4.39 Å². The third kappa shape index (κ3) is 3.38. The molecule has 0 aliphatic heterocycles. The molecule has 90 valence electrons. The van der Waals surface area contributed by atoms with Crippen molar-refractivity contribution in [1.29, 1.82) is 0 Å². The van der Waals surface area contributed by atoms with Crippen LogP contribution in [0.5, 0.6) is 0 Å². The second-order valence-electron chi connectivity index (χ2n) is 3.91. The normalized spacial score (nSPS) is 10.5. The van der Waals surface area contributed by atoms with Crippen LogP contribution in [-0.4, -0.2) is 13.1 Å². The SMILES string of the molecule is CCCN(CCC)c1ccc(CCl)cc1F. The van der Waals surface area contributed by atoms with E-state index in [-0.39, 0.29) is 5.82 Å². The van der Waals surface area contributed by atoms with Gasteiger partial charge in [0.2, 0.25) is 0 Å². The van der Waals surface area contributed by atoms with Crippen LogP contribution < -0.4 is 4.90 Å². The van der Waals surface area contributed by atoms with Crippen molar-refractivity contribution in [3.8, 4) is 0 Å². The Morgan fingerprint density at radius 2 is 1.81 bits per heavy atom. The van der Waals surface area contributed by atoms with Gasteiger partial charge in [0, 0.05) is 19.0 Å². The van der Waals surface area contributed by atoms with Crippen LogP contribution in [0.1, 0.15) is 32.3 Å². The standard InChI is InChI=1S/C13H19ClFN/c1-3-7-16(8-4-2)13-6-5-11(10-14)9-12(13)15/h5-6,9H,3-4,7-8,10H2,1-2H3. The quantitative estimate of drug-likeness (QED) is 0.677. The van der Waals surface area contributed by atoms with Gasteiger partial charge in [0.25, 0.3) is 0 Å². The van der Waals surface area contributed by atoms with Gasteiger partial charge in [0.15, 0.2) is 0 Å². The number of halogens is 2. The zero-order valence-corrected chi connectivity index (χ0v) is 10.7. The molecule has 3 heteroatoms. The Labute approximate surface area is 102 Å². The Kier molecular flexibility index (Phi) is 5.61. The average molecular weight is 244 g/mol. The van der Waals surface area contributed by atoms with E-state index in [2.05, 4.69) is 18.7 Å². The van der Waals surface area contributed by atoms with E-state index in [0.717, 1.165) is 31.5 Å². The maximum atomic E-state index is 13.8. The van der Waals surface area contributed by atoms with Crippen molar-refractivity contribution >= 4 is 17.3 Å². The molecule has 16 heavy (non-hydrogen) atoms. The molecule has 0 bridgehead atoms. The van der Waals surface area contributed by atoms with Crippen LogP contribution in [0.3, 0.4) is 0 Å². The number of benzene rings is 1. The topological polar surface area (TPSA) is 3.24 Å². The summed E-state index contributed by atoms with van der Waals surface area (Å²) in [4.78, 5) is 2.09. The molecular weight excluding hydrogens is 225 g/mol. The number of hydrogen-bond donors (Lipinski definition) is 0. The maximum Gasteiger partial charge on any atom is 0.146 e. The van der Waals surface area contributed by atoms with E-state index < -0.39 is 0 Å². The minimum Gasteiger partial charge on any atom is -0.369 e. The highest BCUT2D eigenvalue weighted by Crippen LogP contribution is 2.21. The summed E-state index contributed by atoms with van der Waals surface area (Å²) in [5, 5.41) is 0. The van der Waals surface area contributed by atoms with E-state index in [1.165, 1.54) is 6.07 Å². The summed E-state index contributed by atoms with van der Waals surface area (Å²) in [5.74, 6) is 0.193. The third-order valence-electron chi connectivity index (χ3n) is 2.49. The van der Waals surface area contributed by atoms with Gasteiger partial charge in [-0.25, -0.2) is 4.39 Å². The Morgan fingerprint density at radius 3 is 2.25 bits per heavy atom. The molecule has 0 aliphatic carbocycles. The highest BCUT2D eigenvalue weighted by molar-refractivity contribution is 6.17. The molecule has 1 rings (SSSR count). The van der Waals surface area contributed by atoms with Crippen molar-refractivity contribution in [1.82, 2.24) is 0 Å². The van der Waals surface area contributed by atoms with Crippen molar-refractivity contribution in [3.63, 3.8) is 0 Å². The molecule has 0 unspecified atom stereocenters. The molecule has 0 atom stereocenters. The third-order valence-corrected chi connectivity index (χ3v) is 2.80. The fourth-order valence-electron chi connectivity index (χ4n) is 1.78. The molecule has 1 aromatic rings. The van der Waals surface area contributed by atoms with Crippen LogP contribution in [0.25, 0.3) is 0 Å². The summed E-state index contributed by atoms with van der Waals surface area (Å²) in [6.45, 7) is 6.00. The van der Waals surface area contributed by atoms with Gasteiger partial charge in [-0.2, -0.15) is 0 Å². The van der Waals surface area contributed by atoms with Gasteiger partial charge < -0.3 is 4.90 Å². The van der Waals surface area contributed by atoms with E-state index in [1.807, 2.05) is 12.1 Å². The first kappa shape index (κ1) is 13.3. The molecule has 1 aromatic carbocycles. The highest BCUT2D eigenvalue weighted by Gasteiger charge is 2.10. The van der Waals surface area contributed by atoms with E-state index in [9.17, 15) is 4.39 Å². The van der Waals surface area contributed by atoms with Gasteiger partial charge in [-0.1, -0.05) is 19.9 Å². The Hall–Kier alpha value is -0.760. The summed E-state index contributed by atoms with van der Waals surface area (Å²) in [6.07, 6.45) is 2.05. The number of nitrogens with zero attached hydrogens (tertiary/aromatic N) is 1. The molecule has 0 saturated carbocycles. The molecule has 0 aliphatic rings. The summed E-state index contributed by atoms with van der Waals surface area (Å²) in [6, 6.07) is 5.25. The number of alkyl halides is 1. The van der Waals surface area contributed by atoms with Crippen LogP contribution in [0, 0.1) is 5.82 Å². The Balaban J connectivity index is 2.90. The molecule has 0 saturated heterocycles. The number of rotatable bonds is 6. The summed E-state index contributed by atoms with van der Waals surface area (Å²) >= 11 is 5.67. The molecule has 0 aromatic heterocycles. The smallest absolute Gasteiger partial charge is 0.146 e. The van der Waals surface area contributed by atoms with Crippen LogP contribution in [-0.2, 0) is 5.88 Å². The Morgan fingerprint density at radius 1 is 1.19 bits per heavy atom. The van der Waals surface area contributed by atoms with Gasteiger partial charge in [-0.15, -0.1) is 11.6 Å². The minimum atomic E-state index is -0.167. The first-order valence-electron chi connectivity index (χ1n) is 5.82. The lowest BCUT2D eigenvalue weighted by Gasteiger charge is -2.24. The largest absolute Gasteiger partial charge is 0.369 e. The lowest BCUT2D eigenvalue weighted by molar-refractivity contribution is 0.612. The summed E-state index contributed by atoms with van der Waals surface area (Å²) < 4.78 is 13.8. The molecule has 0 spiro atoms. The first-order chi connectivity index (χ1) is 7.72. The predicted octanol–water partition coefficient (Wildman–Crippen LogP) is 4.19. The Bertz CT molecular complexity index is 322. The van der Waals surface area contributed by atoms with Crippen LogP contribution in [0.2, 0.25) is 0 Å². The molecule has 0 radical (unpaired) electrons. The van der Waals surface area contributed by atoms with E-state index in [1.54, 1.807) is 0 Å². The van der Waals surface area contributed by atoms with Gasteiger partial charge in [-0.3, -0.25) is 0 Å². The van der Waals surface area contributed by atoms with Crippen LogP contribution >= 0.6 is 11.6 Å². The predicted molar refractivity (Wildman–Crippen MR) is 68.8 cm³/mol. The van der Waals surface area contributed by atoms with E-state index >= 15 is 0 Å². The average Bonchev–Trinajstić information content (AvgIpc) is 2.29. The number of hydrogen-bond acceptors (Lipinski definition) is 1. The molecule has 0 N–H and O–H groups in total. The van der Waals surface area contributed by atoms with Gasteiger partial charge in [0.05, 0.1) is 5.69 Å². The number of anilines is 1. The lowest BCUT2D eigenvalue weighted by atomic mass is 10.2. The van der Waals surface area contributed by atoms with Gasteiger partial charge in [0.1, 0.15) is 5.82 Å². The summed E-state index contributed by atoms with van der Waals surface area (Å²) in [5.41, 5.74) is 1.52. The van der Waals surface area contributed by atoms with Crippen LogP contribution in [0.15, 0.2) is 18.2 Å². The fraction of sp³-hybridized carbons (Fsp3) is 0.538. The monoisotopic (exact) mass is 243 g/mol. The van der Waals surface area contributed by atoms with Crippen molar-refractivity contribution in [3.05, 3.63) is 29.6 Å². The molecule has 0 heterocycles. The van der Waals surface area contributed by atoms with E-state index in [4.69, 9.17) is 11.6 Å². The fourth-order valence-corrected chi connectivity index (χ4v) is 1.95. The van der Waals surface area contributed by atoms with Gasteiger partial charge >= 0.3 is 0 Å². The van der Waals surface area contributed by atoms with Gasteiger partial charge in [-0.05, 0) is 30.5 Å². The van der Waals surface area contributed by atoms with Crippen molar-refractivity contribution in [2.24, 2.45) is 0 Å². The molecule has 0 amide bonds. The zero-order valence-electron chi connectivity index (χ0n) is 9.97. The molecule has 1 nitrogen and oxygen atoms in total. The molecule has 0 fully saturated rings. The first-order valence-corrected chi connectivity index (χ1v) is 6.35. The maximum absolute atomic E-state index is 13.8. The lowest BCUT2D eigenvalue weighted by Crippen LogP contribution is -2.25. The van der Waals surface area contributed by atoms with E-state index in [0.29, 0.717) is 11.6 Å². The summed E-state index contributed by atoms with van der Waals surface area (Å²) in [7, 11) is 0. The second-order valence-corrected chi connectivity index (χ2v) is 4.17.